The Kier molecular flexibility index (Phi) is 8.99. The number of pyridine rings is 1. The Hall–Kier alpha value is -2.99. The molecule has 0 radical (unpaired) electrons. The van der Waals surface area contributed by atoms with Crippen molar-refractivity contribution < 1.29 is 22.2 Å². The quantitative estimate of drug-likeness (QED) is 0.249. The first-order valence-electron chi connectivity index (χ1n) is 10.4. The lowest BCUT2D eigenvalue weighted by molar-refractivity contribution is 0.0393. The number of ether oxygens (including phenoxy) is 1. The van der Waals surface area contributed by atoms with Crippen LogP contribution >= 0.6 is 0 Å². The first-order valence-corrected chi connectivity index (χ1v) is 11.8. The Balaban J connectivity index is 1.34. The Bertz CT molecular complexity index is 1100. The maximum absolute atomic E-state index is 12.1. The molecule has 1 aromatic heterocycles. The average molecular weight is 455 g/mol. The summed E-state index contributed by atoms with van der Waals surface area (Å²) in [7, 11) is -3.77. The van der Waals surface area contributed by atoms with E-state index in [1.54, 1.807) is 18.3 Å². The van der Waals surface area contributed by atoms with Crippen molar-refractivity contribution in [1.29, 1.82) is 0 Å². The van der Waals surface area contributed by atoms with Crippen LogP contribution in [-0.2, 0) is 23.9 Å². The van der Waals surface area contributed by atoms with E-state index in [-0.39, 0.29) is 31.3 Å². The normalized spacial score (nSPS) is 15.0. The summed E-state index contributed by atoms with van der Waals surface area (Å²) in [5.74, 6) is 6.20. The van der Waals surface area contributed by atoms with E-state index in [1.165, 1.54) is 12.1 Å². The third kappa shape index (κ3) is 7.93. The molecule has 1 aromatic carbocycles. The molecule has 8 heteroatoms. The Morgan fingerprint density at radius 3 is 2.59 bits per heavy atom. The van der Waals surface area contributed by atoms with Gasteiger partial charge in [-0.2, -0.15) is 8.42 Å². The zero-order valence-electron chi connectivity index (χ0n) is 18.0. The highest BCUT2D eigenvalue weighted by molar-refractivity contribution is 7.86. The lowest BCUT2D eigenvalue weighted by atomic mass is 9.98. The molecule has 0 fully saturated rings. The number of allylic oxidation sites excluding steroid dienone is 2. The molecular formula is C24H26N2O5S. The topological polar surface area (TPSA) is 87.1 Å². The van der Waals surface area contributed by atoms with Crippen LogP contribution in [0.2, 0.25) is 0 Å². The molecule has 1 aliphatic carbocycles. The van der Waals surface area contributed by atoms with Crippen LogP contribution in [0, 0.1) is 18.8 Å². The summed E-state index contributed by atoms with van der Waals surface area (Å²) in [5.41, 5.74) is 3.57. The summed E-state index contributed by atoms with van der Waals surface area (Å²) < 4.78 is 34.5. The molecule has 32 heavy (non-hydrogen) atoms. The standard InChI is InChI=1S/C24H26N2O5S/c1-20-8-12-24(13-9-20)32(27,28)31-18-16-29-15-17-30-26-23-7-4-5-21(19-23)10-11-22-6-2-3-14-25-22/h2-3,6,8-9,12-14,19H,4-5,7,15-18H2,1H3/b26-23+. The summed E-state index contributed by atoms with van der Waals surface area (Å²) in [6.45, 7) is 2.50. The number of nitrogens with zero attached hydrogens (tertiary/aromatic N) is 2. The van der Waals surface area contributed by atoms with Gasteiger partial charge >= 0.3 is 0 Å². The van der Waals surface area contributed by atoms with Crippen molar-refractivity contribution >= 4 is 15.8 Å². The van der Waals surface area contributed by atoms with Crippen molar-refractivity contribution in [3.8, 4) is 11.8 Å². The first kappa shape index (κ1) is 23.7. The van der Waals surface area contributed by atoms with Crippen LogP contribution in [-0.4, -0.2) is 45.5 Å². The Morgan fingerprint density at radius 1 is 1.00 bits per heavy atom. The van der Waals surface area contributed by atoms with Gasteiger partial charge in [-0.15, -0.1) is 0 Å². The Morgan fingerprint density at radius 2 is 1.81 bits per heavy atom. The smallest absolute Gasteiger partial charge is 0.297 e. The van der Waals surface area contributed by atoms with Gasteiger partial charge in [0.15, 0.2) is 0 Å². The summed E-state index contributed by atoms with van der Waals surface area (Å²) in [5, 5.41) is 4.14. The second-order valence-electron chi connectivity index (χ2n) is 7.11. The fourth-order valence-corrected chi connectivity index (χ4v) is 3.75. The molecule has 0 N–H and O–H groups in total. The third-order valence-electron chi connectivity index (χ3n) is 4.51. The van der Waals surface area contributed by atoms with Crippen LogP contribution in [0.4, 0.5) is 0 Å². The fraction of sp³-hybridized carbons (Fsp3) is 0.333. The van der Waals surface area contributed by atoms with E-state index in [0.29, 0.717) is 0 Å². The molecule has 0 aliphatic heterocycles. The lowest BCUT2D eigenvalue weighted by Gasteiger charge is -2.10. The fourth-order valence-electron chi connectivity index (χ4n) is 2.86. The van der Waals surface area contributed by atoms with Crippen LogP contribution in [0.25, 0.3) is 0 Å². The van der Waals surface area contributed by atoms with Gasteiger partial charge in [0, 0.05) is 11.8 Å². The molecule has 3 rings (SSSR count). The van der Waals surface area contributed by atoms with E-state index >= 15 is 0 Å². The molecule has 0 bridgehead atoms. The van der Waals surface area contributed by atoms with E-state index in [0.717, 1.165) is 41.8 Å². The van der Waals surface area contributed by atoms with Crippen molar-refractivity contribution in [3.05, 3.63) is 71.6 Å². The molecule has 0 saturated heterocycles. The van der Waals surface area contributed by atoms with Crippen molar-refractivity contribution in [2.24, 2.45) is 5.16 Å². The number of hydrogen-bond acceptors (Lipinski definition) is 7. The molecule has 0 saturated carbocycles. The molecule has 0 amide bonds. The number of aromatic nitrogens is 1. The average Bonchev–Trinajstić information content (AvgIpc) is 2.81. The van der Waals surface area contributed by atoms with Crippen LogP contribution in [0.5, 0.6) is 0 Å². The van der Waals surface area contributed by atoms with Crippen molar-refractivity contribution in [2.45, 2.75) is 31.1 Å². The molecular weight excluding hydrogens is 428 g/mol. The molecule has 7 nitrogen and oxygen atoms in total. The van der Waals surface area contributed by atoms with Gasteiger partial charge in [-0.05, 0) is 62.4 Å². The maximum Gasteiger partial charge on any atom is 0.297 e. The van der Waals surface area contributed by atoms with Crippen LogP contribution in [0.3, 0.4) is 0 Å². The van der Waals surface area contributed by atoms with Gasteiger partial charge in [-0.3, -0.25) is 4.18 Å². The molecule has 0 spiro atoms. The molecule has 1 aliphatic rings. The van der Waals surface area contributed by atoms with Gasteiger partial charge in [-0.1, -0.05) is 34.8 Å². The summed E-state index contributed by atoms with van der Waals surface area (Å²) in [4.78, 5) is 9.64. The van der Waals surface area contributed by atoms with Gasteiger partial charge in [-0.25, -0.2) is 4.98 Å². The van der Waals surface area contributed by atoms with E-state index in [2.05, 4.69) is 22.0 Å². The number of rotatable bonds is 9. The summed E-state index contributed by atoms with van der Waals surface area (Å²) in [6, 6.07) is 12.1. The highest BCUT2D eigenvalue weighted by atomic mass is 32.2. The highest BCUT2D eigenvalue weighted by Gasteiger charge is 2.14. The highest BCUT2D eigenvalue weighted by Crippen LogP contribution is 2.16. The summed E-state index contributed by atoms with van der Waals surface area (Å²) in [6.07, 6.45) is 6.38. The van der Waals surface area contributed by atoms with Crippen molar-refractivity contribution in [2.75, 3.05) is 26.4 Å². The molecule has 168 valence electrons. The minimum Gasteiger partial charge on any atom is -0.393 e. The van der Waals surface area contributed by atoms with Crippen LogP contribution < -0.4 is 0 Å². The van der Waals surface area contributed by atoms with Gasteiger partial charge in [0.1, 0.15) is 12.3 Å². The van der Waals surface area contributed by atoms with Gasteiger partial charge in [0.05, 0.1) is 30.4 Å². The van der Waals surface area contributed by atoms with Crippen molar-refractivity contribution in [3.63, 3.8) is 0 Å². The Labute approximate surface area is 189 Å². The number of aryl methyl sites for hydroxylation is 1. The van der Waals surface area contributed by atoms with Gasteiger partial charge < -0.3 is 9.57 Å². The molecule has 2 aromatic rings. The van der Waals surface area contributed by atoms with Gasteiger partial charge in [0.2, 0.25) is 0 Å². The van der Waals surface area contributed by atoms with E-state index in [9.17, 15) is 8.42 Å². The maximum atomic E-state index is 12.1. The number of hydrogen-bond donors (Lipinski definition) is 0. The van der Waals surface area contributed by atoms with E-state index in [1.807, 2.05) is 31.2 Å². The number of benzene rings is 1. The molecule has 0 atom stereocenters. The second-order valence-corrected chi connectivity index (χ2v) is 8.72. The zero-order valence-corrected chi connectivity index (χ0v) is 18.8. The number of oxime groups is 1. The van der Waals surface area contributed by atoms with E-state index < -0.39 is 10.1 Å². The molecule has 1 heterocycles. The minimum atomic E-state index is -3.77. The first-order chi connectivity index (χ1) is 15.5. The SMILES string of the molecule is Cc1ccc(S(=O)(=O)OCCOCCO/N=C2/C=C(C#Cc3ccccn3)CCC2)cc1. The van der Waals surface area contributed by atoms with Crippen molar-refractivity contribution in [1.82, 2.24) is 4.98 Å². The van der Waals surface area contributed by atoms with Crippen LogP contribution in [0.15, 0.2) is 70.4 Å². The zero-order chi connectivity index (χ0) is 22.7. The van der Waals surface area contributed by atoms with E-state index in [4.69, 9.17) is 13.8 Å². The molecule has 0 unspecified atom stereocenters. The predicted molar refractivity (Wildman–Crippen MR) is 122 cm³/mol. The van der Waals surface area contributed by atoms with Crippen LogP contribution in [0.1, 0.15) is 30.5 Å². The summed E-state index contributed by atoms with van der Waals surface area (Å²) >= 11 is 0. The van der Waals surface area contributed by atoms with Gasteiger partial charge in [0.25, 0.3) is 10.1 Å². The monoisotopic (exact) mass is 454 g/mol. The largest absolute Gasteiger partial charge is 0.393 e. The third-order valence-corrected chi connectivity index (χ3v) is 5.84. The predicted octanol–water partition coefficient (Wildman–Crippen LogP) is 3.65. The lowest BCUT2D eigenvalue weighted by Crippen LogP contribution is -2.13. The second kappa shape index (κ2) is 12.2. The minimum absolute atomic E-state index is 0.0637.